The fourth-order valence-electron chi connectivity index (χ4n) is 3.61. The van der Waals surface area contributed by atoms with Crippen LogP contribution in [0.15, 0.2) is 18.2 Å². The number of hydrogen-bond donors (Lipinski definition) is 1. The molecule has 1 saturated carbocycles. The maximum absolute atomic E-state index is 13.7. The smallest absolute Gasteiger partial charge is 0.256 e. The summed E-state index contributed by atoms with van der Waals surface area (Å²) in [6.07, 6.45) is 3.73. The zero-order valence-corrected chi connectivity index (χ0v) is 13.0. The van der Waals surface area contributed by atoms with Gasteiger partial charge in [-0.2, -0.15) is 0 Å². The van der Waals surface area contributed by atoms with Crippen LogP contribution in [0.5, 0.6) is 0 Å². The lowest BCUT2D eigenvalue weighted by atomic mass is 9.91. The predicted octanol–water partition coefficient (Wildman–Crippen LogP) is 2.03. The van der Waals surface area contributed by atoms with E-state index in [0.29, 0.717) is 26.2 Å². The second-order valence-corrected chi connectivity index (χ2v) is 6.37. The molecule has 0 spiro atoms. The van der Waals surface area contributed by atoms with Crippen LogP contribution in [0.2, 0.25) is 0 Å². The number of nitrogens with zero attached hydrogens (tertiary/aromatic N) is 2. The molecule has 1 amide bonds. The molecule has 23 heavy (non-hydrogen) atoms. The highest BCUT2D eigenvalue weighted by Gasteiger charge is 2.32. The topological polar surface area (TPSA) is 43.8 Å². The average molecular weight is 324 g/mol. The minimum atomic E-state index is -0.819. The first-order valence-electron chi connectivity index (χ1n) is 8.22. The molecule has 1 aromatic carbocycles. The fourth-order valence-corrected chi connectivity index (χ4v) is 3.61. The van der Waals surface area contributed by atoms with E-state index in [2.05, 4.69) is 4.90 Å². The summed E-state index contributed by atoms with van der Waals surface area (Å²) >= 11 is 0. The molecule has 3 rings (SSSR count). The summed E-state index contributed by atoms with van der Waals surface area (Å²) in [7, 11) is 0. The highest BCUT2D eigenvalue weighted by atomic mass is 19.1. The first-order chi connectivity index (χ1) is 11.1. The largest absolute Gasteiger partial charge is 0.391 e. The second kappa shape index (κ2) is 6.93. The molecule has 2 fully saturated rings. The molecule has 4 nitrogen and oxygen atoms in total. The van der Waals surface area contributed by atoms with Gasteiger partial charge in [-0.05, 0) is 25.0 Å². The van der Waals surface area contributed by atoms with Gasteiger partial charge in [-0.25, -0.2) is 8.78 Å². The van der Waals surface area contributed by atoms with Gasteiger partial charge in [0.05, 0.1) is 11.7 Å². The van der Waals surface area contributed by atoms with E-state index in [0.717, 1.165) is 37.8 Å². The van der Waals surface area contributed by atoms with Crippen LogP contribution in [-0.2, 0) is 0 Å². The van der Waals surface area contributed by atoms with E-state index in [4.69, 9.17) is 0 Å². The normalized spacial score (nSPS) is 26.3. The van der Waals surface area contributed by atoms with Crippen molar-refractivity contribution < 1.29 is 18.7 Å². The van der Waals surface area contributed by atoms with E-state index in [1.807, 2.05) is 0 Å². The van der Waals surface area contributed by atoms with Crippen molar-refractivity contribution in [3.05, 3.63) is 35.4 Å². The standard InChI is InChI=1S/C17H22F2N2O2/c18-12-5-6-13(14(19)11-12)17(23)21-9-7-20(8-10-21)15-3-1-2-4-16(15)22/h5-6,11,15-16,22H,1-4,7-10H2. The van der Waals surface area contributed by atoms with Gasteiger partial charge in [0.2, 0.25) is 0 Å². The zero-order valence-electron chi connectivity index (χ0n) is 13.0. The van der Waals surface area contributed by atoms with Gasteiger partial charge in [-0.3, -0.25) is 9.69 Å². The number of piperazine rings is 1. The summed E-state index contributed by atoms with van der Waals surface area (Å²) in [5.74, 6) is -1.90. The molecule has 6 heteroatoms. The third kappa shape index (κ3) is 3.53. The lowest BCUT2D eigenvalue weighted by Crippen LogP contribution is -2.55. The summed E-state index contributed by atoms with van der Waals surface area (Å²) in [6.45, 7) is 2.35. The van der Waals surface area contributed by atoms with E-state index in [9.17, 15) is 18.7 Å². The van der Waals surface area contributed by atoms with Crippen LogP contribution in [0.3, 0.4) is 0 Å². The number of halogens is 2. The number of rotatable bonds is 2. The number of amides is 1. The number of hydrogen-bond acceptors (Lipinski definition) is 3. The lowest BCUT2D eigenvalue weighted by molar-refractivity contribution is -0.00179. The maximum Gasteiger partial charge on any atom is 0.256 e. The SMILES string of the molecule is O=C(c1ccc(F)cc1F)N1CCN(C2CCCCC2O)CC1. The highest BCUT2D eigenvalue weighted by Crippen LogP contribution is 2.24. The molecular weight excluding hydrogens is 302 g/mol. The molecule has 1 saturated heterocycles. The molecule has 0 bridgehead atoms. The van der Waals surface area contributed by atoms with Gasteiger partial charge in [0, 0.05) is 38.3 Å². The molecular formula is C17H22F2N2O2. The highest BCUT2D eigenvalue weighted by molar-refractivity contribution is 5.94. The molecule has 0 radical (unpaired) electrons. The van der Waals surface area contributed by atoms with Crippen LogP contribution in [-0.4, -0.2) is 59.1 Å². The number of carbonyl (C=O) groups is 1. The fraction of sp³-hybridized carbons (Fsp3) is 0.588. The Morgan fingerprint density at radius 1 is 1.09 bits per heavy atom. The summed E-state index contributed by atoms with van der Waals surface area (Å²) < 4.78 is 26.7. The zero-order chi connectivity index (χ0) is 16.4. The van der Waals surface area contributed by atoms with Crippen LogP contribution in [0.1, 0.15) is 36.0 Å². The molecule has 2 unspecified atom stereocenters. The van der Waals surface area contributed by atoms with Crippen LogP contribution < -0.4 is 0 Å². The van der Waals surface area contributed by atoms with Crippen molar-refractivity contribution >= 4 is 5.91 Å². The summed E-state index contributed by atoms with van der Waals surface area (Å²) in [5, 5.41) is 10.1. The van der Waals surface area contributed by atoms with E-state index < -0.39 is 17.5 Å². The summed E-state index contributed by atoms with van der Waals surface area (Å²) in [4.78, 5) is 16.2. The van der Waals surface area contributed by atoms with E-state index >= 15 is 0 Å². The van der Waals surface area contributed by atoms with Crippen molar-refractivity contribution in [2.45, 2.75) is 37.8 Å². The van der Waals surface area contributed by atoms with Gasteiger partial charge >= 0.3 is 0 Å². The minimum Gasteiger partial charge on any atom is -0.391 e. The van der Waals surface area contributed by atoms with Crippen molar-refractivity contribution in [3.8, 4) is 0 Å². The van der Waals surface area contributed by atoms with Gasteiger partial charge in [0.25, 0.3) is 5.91 Å². The van der Waals surface area contributed by atoms with Gasteiger partial charge in [-0.1, -0.05) is 12.8 Å². The number of aliphatic hydroxyl groups is 1. The molecule has 1 aromatic rings. The lowest BCUT2D eigenvalue weighted by Gasteiger charge is -2.42. The second-order valence-electron chi connectivity index (χ2n) is 6.37. The number of benzene rings is 1. The Kier molecular flexibility index (Phi) is 4.92. The molecule has 126 valence electrons. The Morgan fingerprint density at radius 2 is 1.78 bits per heavy atom. The van der Waals surface area contributed by atoms with Crippen molar-refractivity contribution in [1.82, 2.24) is 9.80 Å². The van der Waals surface area contributed by atoms with Gasteiger partial charge < -0.3 is 10.0 Å². The Bertz CT molecular complexity index is 574. The maximum atomic E-state index is 13.7. The first kappa shape index (κ1) is 16.3. The minimum absolute atomic E-state index is 0.0856. The van der Waals surface area contributed by atoms with Gasteiger partial charge in [-0.15, -0.1) is 0 Å². The molecule has 1 aliphatic heterocycles. The molecule has 2 atom stereocenters. The van der Waals surface area contributed by atoms with Gasteiger partial charge in [0.15, 0.2) is 0 Å². The number of carbonyl (C=O) groups excluding carboxylic acids is 1. The monoisotopic (exact) mass is 324 g/mol. The van der Waals surface area contributed by atoms with Crippen LogP contribution in [0, 0.1) is 11.6 Å². The summed E-state index contributed by atoms with van der Waals surface area (Å²) in [5.41, 5.74) is -0.0856. The Hall–Kier alpha value is -1.53. The van der Waals surface area contributed by atoms with Crippen LogP contribution in [0.4, 0.5) is 8.78 Å². The third-order valence-corrected chi connectivity index (χ3v) is 4.93. The van der Waals surface area contributed by atoms with E-state index in [1.54, 1.807) is 4.90 Å². The molecule has 0 aromatic heterocycles. The van der Waals surface area contributed by atoms with E-state index in [1.165, 1.54) is 6.07 Å². The van der Waals surface area contributed by atoms with Crippen molar-refractivity contribution in [2.75, 3.05) is 26.2 Å². The first-order valence-corrected chi connectivity index (χ1v) is 8.22. The van der Waals surface area contributed by atoms with Crippen molar-refractivity contribution in [1.29, 1.82) is 0 Å². The van der Waals surface area contributed by atoms with Crippen molar-refractivity contribution in [3.63, 3.8) is 0 Å². The quantitative estimate of drug-likeness (QED) is 0.905. The number of aliphatic hydroxyl groups excluding tert-OH is 1. The molecule has 2 aliphatic rings. The molecule has 1 heterocycles. The van der Waals surface area contributed by atoms with E-state index in [-0.39, 0.29) is 17.7 Å². The van der Waals surface area contributed by atoms with Crippen molar-refractivity contribution in [2.24, 2.45) is 0 Å². The predicted molar refractivity (Wildman–Crippen MR) is 82.1 cm³/mol. The molecule has 1 aliphatic carbocycles. The third-order valence-electron chi connectivity index (χ3n) is 4.93. The Labute approximate surface area is 134 Å². The molecule has 1 N–H and O–H groups in total. The van der Waals surface area contributed by atoms with Crippen LogP contribution >= 0.6 is 0 Å². The summed E-state index contributed by atoms with van der Waals surface area (Å²) in [6, 6.07) is 3.21. The van der Waals surface area contributed by atoms with Crippen LogP contribution in [0.25, 0.3) is 0 Å². The Balaban J connectivity index is 1.61. The Morgan fingerprint density at radius 3 is 2.43 bits per heavy atom. The average Bonchev–Trinajstić information content (AvgIpc) is 2.55. The van der Waals surface area contributed by atoms with Gasteiger partial charge in [0.1, 0.15) is 11.6 Å².